The topological polar surface area (TPSA) is 76.2 Å². The highest BCUT2D eigenvalue weighted by atomic mass is 16.5. The zero-order chi connectivity index (χ0) is 46.6. The number of nitrogens with zero attached hydrogens (tertiary/aromatic N) is 2. The van der Waals surface area contributed by atoms with Crippen molar-refractivity contribution in [1.82, 2.24) is 9.80 Å². The van der Waals surface area contributed by atoms with Crippen LogP contribution in [-0.4, -0.2) is 73.6 Å². The molecule has 1 rings (SSSR count). The molecule has 1 saturated heterocycles. The number of hydrogen-bond acceptors (Lipinski definition) is 6. The lowest BCUT2D eigenvalue weighted by atomic mass is 9.92. The zero-order valence-electron chi connectivity index (χ0n) is 43.7. The molecule has 1 aliphatic heterocycles. The maximum atomic E-state index is 14.3. The Morgan fingerprint density at radius 3 is 1.23 bits per heavy atom. The molecule has 64 heavy (non-hydrogen) atoms. The molecule has 1 aliphatic rings. The molecule has 0 saturated carbocycles. The van der Waals surface area contributed by atoms with Crippen molar-refractivity contribution in [2.75, 3.05) is 45.9 Å². The van der Waals surface area contributed by atoms with Crippen molar-refractivity contribution in [2.45, 2.75) is 285 Å². The number of ether oxygens (including phenoxy) is 2. The molecule has 378 valence electrons. The first kappa shape index (κ1) is 60.4. The van der Waals surface area contributed by atoms with Gasteiger partial charge in [-0.1, -0.05) is 195 Å². The molecule has 0 bridgehead atoms. The van der Waals surface area contributed by atoms with E-state index in [-0.39, 0.29) is 17.9 Å². The van der Waals surface area contributed by atoms with Crippen LogP contribution in [0.15, 0.2) is 0 Å². The van der Waals surface area contributed by atoms with Crippen LogP contribution >= 0.6 is 0 Å². The number of esters is 2. The monoisotopic (exact) mass is 903 g/mol. The maximum Gasteiger partial charge on any atom is 0.305 e. The summed E-state index contributed by atoms with van der Waals surface area (Å²) >= 11 is 0. The van der Waals surface area contributed by atoms with Crippen LogP contribution < -0.4 is 0 Å². The van der Waals surface area contributed by atoms with Gasteiger partial charge in [0, 0.05) is 31.8 Å². The Kier molecular flexibility index (Phi) is 42.6. The summed E-state index contributed by atoms with van der Waals surface area (Å²) in [4.78, 5) is 44.4. The average Bonchev–Trinajstić information content (AvgIpc) is 3.83. The molecule has 7 nitrogen and oxygen atoms in total. The molecule has 0 aromatic rings. The Balaban J connectivity index is 2.55. The van der Waals surface area contributed by atoms with Gasteiger partial charge in [0.15, 0.2) is 0 Å². The fourth-order valence-corrected chi connectivity index (χ4v) is 9.83. The van der Waals surface area contributed by atoms with E-state index in [2.05, 4.69) is 44.4 Å². The Hall–Kier alpha value is -1.63. The molecule has 2 atom stereocenters. The lowest BCUT2D eigenvalue weighted by molar-refractivity contribution is -0.146. The van der Waals surface area contributed by atoms with E-state index < -0.39 is 0 Å². The number of hydrogen-bond donors (Lipinski definition) is 0. The van der Waals surface area contributed by atoms with Crippen molar-refractivity contribution in [3.05, 3.63) is 0 Å². The van der Waals surface area contributed by atoms with Gasteiger partial charge in [0.05, 0.1) is 13.2 Å². The molecule has 0 aromatic carbocycles. The van der Waals surface area contributed by atoms with Crippen molar-refractivity contribution in [3.63, 3.8) is 0 Å². The minimum Gasteiger partial charge on any atom is -0.465 e. The van der Waals surface area contributed by atoms with Crippen molar-refractivity contribution >= 4 is 17.8 Å². The summed E-state index contributed by atoms with van der Waals surface area (Å²) in [7, 11) is 0. The number of carbonyl (C=O) groups is 3. The van der Waals surface area contributed by atoms with E-state index in [1.165, 1.54) is 161 Å². The highest BCUT2D eigenvalue weighted by molar-refractivity contribution is 5.78. The molecule has 0 N–H and O–H groups in total. The molecule has 0 aliphatic carbocycles. The number of unbranched alkanes of at least 4 members (excludes halogenated alkanes) is 21. The molecular weight excluding hydrogens is 793 g/mol. The van der Waals surface area contributed by atoms with Crippen LogP contribution in [0.1, 0.15) is 285 Å². The van der Waals surface area contributed by atoms with Gasteiger partial charge in [0.25, 0.3) is 0 Å². The summed E-state index contributed by atoms with van der Waals surface area (Å²) in [6.07, 6.45) is 44.6. The molecule has 0 aromatic heterocycles. The number of carbonyl (C=O) groups excluding carboxylic acids is 3. The molecule has 1 amide bonds. The molecular formula is C57H110N2O5. The highest BCUT2D eigenvalue weighted by Gasteiger charge is 2.24. The fraction of sp³-hybridized carbons (Fsp3) is 0.947. The third kappa shape index (κ3) is 35.5. The van der Waals surface area contributed by atoms with Gasteiger partial charge in [-0.25, -0.2) is 0 Å². The maximum absolute atomic E-state index is 14.3. The highest BCUT2D eigenvalue weighted by Crippen LogP contribution is 2.24. The van der Waals surface area contributed by atoms with Crippen LogP contribution in [0.25, 0.3) is 0 Å². The van der Waals surface area contributed by atoms with Crippen LogP contribution in [0, 0.1) is 17.8 Å². The molecule has 0 spiro atoms. The molecule has 2 unspecified atom stereocenters. The molecule has 1 heterocycles. The zero-order valence-corrected chi connectivity index (χ0v) is 43.7. The van der Waals surface area contributed by atoms with E-state index in [4.69, 9.17) is 9.47 Å². The number of likely N-dealkylation sites (tertiary alicyclic amines) is 1. The third-order valence-electron chi connectivity index (χ3n) is 14.2. The van der Waals surface area contributed by atoms with Crippen LogP contribution in [0.3, 0.4) is 0 Å². The van der Waals surface area contributed by atoms with E-state index >= 15 is 0 Å². The van der Waals surface area contributed by atoms with E-state index in [0.717, 1.165) is 110 Å². The van der Waals surface area contributed by atoms with Gasteiger partial charge in [0.1, 0.15) is 0 Å². The molecule has 7 heteroatoms. The smallest absolute Gasteiger partial charge is 0.305 e. The Bertz CT molecular complexity index is 991. The fourth-order valence-electron chi connectivity index (χ4n) is 9.83. The molecule has 1 fully saturated rings. The van der Waals surface area contributed by atoms with E-state index in [0.29, 0.717) is 43.8 Å². The minimum absolute atomic E-state index is 0.00865. The normalized spacial score (nSPS) is 14.5. The summed E-state index contributed by atoms with van der Waals surface area (Å²) in [6, 6.07) is 0. The minimum atomic E-state index is -0.00865. The van der Waals surface area contributed by atoms with Crippen LogP contribution in [0.2, 0.25) is 0 Å². The van der Waals surface area contributed by atoms with Crippen molar-refractivity contribution < 1.29 is 23.9 Å². The van der Waals surface area contributed by atoms with Crippen LogP contribution in [0.5, 0.6) is 0 Å². The quantitative estimate of drug-likeness (QED) is 0.0447. The number of rotatable bonds is 48. The summed E-state index contributed by atoms with van der Waals surface area (Å²) in [5.74, 6) is 1.58. The predicted octanol–water partition coefficient (Wildman–Crippen LogP) is 16.4. The van der Waals surface area contributed by atoms with Crippen LogP contribution in [-0.2, 0) is 23.9 Å². The Morgan fingerprint density at radius 1 is 0.422 bits per heavy atom. The first-order chi connectivity index (χ1) is 31.4. The van der Waals surface area contributed by atoms with Gasteiger partial charge in [-0.15, -0.1) is 0 Å². The van der Waals surface area contributed by atoms with E-state index in [1.807, 2.05) is 0 Å². The third-order valence-corrected chi connectivity index (χ3v) is 14.2. The summed E-state index contributed by atoms with van der Waals surface area (Å²) in [5.41, 5.74) is 0. The van der Waals surface area contributed by atoms with Crippen molar-refractivity contribution in [1.29, 1.82) is 0 Å². The Labute approximate surface area is 398 Å². The average molecular weight is 904 g/mol. The van der Waals surface area contributed by atoms with Gasteiger partial charge in [0.2, 0.25) is 5.91 Å². The summed E-state index contributed by atoms with van der Waals surface area (Å²) in [5, 5.41) is 0. The van der Waals surface area contributed by atoms with Gasteiger partial charge < -0.3 is 19.3 Å². The summed E-state index contributed by atoms with van der Waals surface area (Å²) < 4.78 is 11.6. The SMILES string of the molecule is CCCCCCC(CCCC)COC(=O)CCCCCCCCC(CCCCCCCCC(=O)OCC(CCCC)CCCCCC)C(=O)N(CCCCCC)CCCN1CCCC1. The Morgan fingerprint density at radius 2 is 0.781 bits per heavy atom. The molecule has 0 radical (unpaired) electrons. The van der Waals surface area contributed by atoms with E-state index in [9.17, 15) is 14.4 Å². The first-order valence-corrected chi connectivity index (χ1v) is 28.7. The predicted molar refractivity (Wildman–Crippen MR) is 274 cm³/mol. The van der Waals surface area contributed by atoms with Gasteiger partial charge in [-0.2, -0.15) is 0 Å². The van der Waals surface area contributed by atoms with Crippen molar-refractivity contribution in [3.8, 4) is 0 Å². The van der Waals surface area contributed by atoms with Crippen LogP contribution in [0.4, 0.5) is 0 Å². The van der Waals surface area contributed by atoms with E-state index in [1.54, 1.807) is 0 Å². The van der Waals surface area contributed by atoms with Gasteiger partial charge in [-0.3, -0.25) is 14.4 Å². The first-order valence-electron chi connectivity index (χ1n) is 28.7. The van der Waals surface area contributed by atoms with Gasteiger partial charge in [-0.05, 0) is 109 Å². The van der Waals surface area contributed by atoms with Gasteiger partial charge >= 0.3 is 11.9 Å². The second-order valence-corrected chi connectivity index (χ2v) is 20.4. The second kappa shape index (κ2) is 45.2. The largest absolute Gasteiger partial charge is 0.465 e. The lowest BCUT2D eigenvalue weighted by Gasteiger charge is -2.29. The summed E-state index contributed by atoms with van der Waals surface area (Å²) in [6.45, 7) is 17.9. The standard InChI is InChI=1S/C57H110N2O5/c1-6-11-16-27-39-52(37-14-9-4)50-63-55(60)43-31-25-21-19-23-29-41-54(57(62)59(48-33-18-13-8-3)49-36-47-58-45-34-35-46-58)42-30-24-20-22-26-32-44-56(61)64-51-53(38-15-10-5)40-28-17-12-7-2/h52-54H,6-51H2,1-5H3. The second-order valence-electron chi connectivity index (χ2n) is 20.4. The lowest BCUT2D eigenvalue weighted by Crippen LogP contribution is -2.39. The number of amides is 1. The van der Waals surface area contributed by atoms with Crippen molar-refractivity contribution in [2.24, 2.45) is 17.8 Å².